The van der Waals surface area contributed by atoms with E-state index in [1.54, 1.807) is 31.3 Å². The Kier molecular flexibility index (Phi) is 6.20. The van der Waals surface area contributed by atoms with E-state index < -0.39 is 18.1 Å². The number of carbonyl (C=O) groups excluding carboxylic acids is 2. The molecule has 2 saturated heterocycles. The Morgan fingerprint density at radius 3 is 2.72 bits per heavy atom. The maximum Gasteiger partial charge on any atom is 0.416 e. The highest BCUT2D eigenvalue weighted by atomic mass is 19.1. The number of hydrogen-bond acceptors (Lipinski definition) is 7. The number of rotatable bonds is 5. The fourth-order valence-electron chi connectivity index (χ4n) is 3.76. The van der Waals surface area contributed by atoms with Gasteiger partial charge in [-0.05, 0) is 30.3 Å². The molecule has 1 unspecified atom stereocenters. The van der Waals surface area contributed by atoms with Gasteiger partial charge in [0.15, 0.2) is 6.23 Å². The van der Waals surface area contributed by atoms with Crippen LogP contribution in [-0.4, -0.2) is 53.8 Å². The minimum atomic E-state index is -0.760. The minimum Gasteiger partial charge on any atom is -0.423 e. The van der Waals surface area contributed by atoms with Gasteiger partial charge in [0.25, 0.3) is 0 Å². The Balaban J connectivity index is 1.45. The first-order valence-electron chi connectivity index (χ1n) is 10.5. The van der Waals surface area contributed by atoms with Crippen molar-refractivity contribution < 1.29 is 23.9 Å². The molecule has 0 spiro atoms. The largest absolute Gasteiger partial charge is 0.423 e. The van der Waals surface area contributed by atoms with Gasteiger partial charge in [-0.25, -0.2) is 14.2 Å². The van der Waals surface area contributed by atoms with Crippen molar-refractivity contribution in [2.24, 2.45) is 5.16 Å². The minimum absolute atomic E-state index is 0.109. The summed E-state index contributed by atoms with van der Waals surface area (Å²) in [4.78, 5) is 31.5. The Labute approximate surface area is 184 Å². The lowest BCUT2D eigenvalue weighted by Crippen LogP contribution is -2.37. The number of anilines is 2. The number of piperidine rings is 1. The summed E-state index contributed by atoms with van der Waals surface area (Å²) in [5.41, 5.74) is 2.11. The zero-order valence-corrected chi connectivity index (χ0v) is 17.6. The van der Waals surface area contributed by atoms with E-state index in [0.29, 0.717) is 42.7 Å². The molecule has 3 heterocycles. The number of cyclic esters (lactones) is 1. The van der Waals surface area contributed by atoms with Crippen molar-refractivity contribution in [3.63, 3.8) is 0 Å². The van der Waals surface area contributed by atoms with Crippen LogP contribution in [0.3, 0.4) is 0 Å². The number of ether oxygens (including phenoxy) is 1. The van der Waals surface area contributed by atoms with Gasteiger partial charge < -0.3 is 20.2 Å². The van der Waals surface area contributed by atoms with Crippen LogP contribution in [0.15, 0.2) is 41.7 Å². The van der Waals surface area contributed by atoms with E-state index in [2.05, 4.69) is 20.4 Å². The lowest BCUT2D eigenvalue weighted by atomic mass is 10.1. The number of halogens is 1. The molecule has 0 bridgehead atoms. The molecule has 2 fully saturated rings. The van der Waals surface area contributed by atoms with E-state index in [9.17, 15) is 14.0 Å². The lowest BCUT2D eigenvalue weighted by Gasteiger charge is -2.28. The number of pyridine rings is 1. The molecule has 32 heavy (non-hydrogen) atoms. The standard InChI is InChI=1S/C22H24FN5O4/c1-2-20(29)25-21-13-28(22(30)32-21)16-4-5-17(18(23)11-16)14-3-6-19(24-12-14)27-9-7-15(26-31)8-10-27/h3-6,11-12,21,31H,2,7-10,13H2,1H3,(H,25,29). The highest BCUT2D eigenvalue weighted by Gasteiger charge is 2.33. The van der Waals surface area contributed by atoms with Gasteiger partial charge in [-0.15, -0.1) is 0 Å². The highest BCUT2D eigenvalue weighted by Crippen LogP contribution is 2.29. The first-order chi connectivity index (χ1) is 15.5. The fraction of sp³-hybridized carbons (Fsp3) is 0.364. The molecule has 1 atom stereocenters. The summed E-state index contributed by atoms with van der Waals surface area (Å²) in [5, 5.41) is 14.7. The van der Waals surface area contributed by atoms with Crippen LogP contribution >= 0.6 is 0 Å². The average Bonchev–Trinajstić information content (AvgIpc) is 3.19. The summed E-state index contributed by atoms with van der Waals surface area (Å²) in [6.07, 6.45) is 1.85. The van der Waals surface area contributed by atoms with E-state index in [0.717, 1.165) is 11.5 Å². The summed E-state index contributed by atoms with van der Waals surface area (Å²) in [7, 11) is 0. The van der Waals surface area contributed by atoms with Crippen LogP contribution in [0.4, 0.5) is 20.7 Å². The summed E-state index contributed by atoms with van der Waals surface area (Å²) >= 11 is 0. The van der Waals surface area contributed by atoms with E-state index >= 15 is 0 Å². The number of hydrogen-bond donors (Lipinski definition) is 2. The molecule has 1 aromatic carbocycles. The van der Waals surface area contributed by atoms with Crippen LogP contribution in [0.2, 0.25) is 0 Å². The molecule has 4 rings (SSSR count). The van der Waals surface area contributed by atoms with Crippen molar-refractivity contribution >= 4 is 29.2 Å². The van der Waals surface area contributed by atoms with Crippen LogP contribution in [-0.2, 0) is 9.53 Å². The van der Waals surface area contributed by atoms with Crippen LogP contribution in [0.5, 0.6) is 0 Å². The lowest BCUT2D eigenvalue weighted by molar-refractivity contribution is -0.123. The van der Waals surface area contributed by atoms with Gasteiger partial charge in [-0.3, -0.25) is 9.69 Å². The molecule has 0 saturated carbocycles. The summed E-state index contributed by atoms with van der Waals surface area (Å²) in [6, 6.07) is 8.14. The number of nitrogens with zero attached hydrogens (tertiary/aromatic N) is 4. The molecule has 0 aliphatic carbocycles. The SMILES string of the molecule is CCC(=O)NC1CN(c2ccc(-c3ccc(N4CCC(=NO)CC4)nc3)c(F)c2)C(=O)O1. The van der Waals surface area contributed by atoms with Gasteiger partial charge in [0.05, 0.1) is 17.9 Å². The third-order valence-corrected chi connectivity index (χ3v) is 5.58. The molecule has 1 aromatic heterocycles. The van der Waals surface area contributed by atoms with Crippen LogP contribution in [0.25, 0.3) is 11.1 Å². The number of aromatic nitrogens is 1. The van der Waals surface area contributed by atoms with E-state index in [1.807, 2.05) is 6.07 Å². The van der Waals surface area contributed by atoms with Crippen LogP contribution in [0, 0.1) is 5.82 Å². The van der Waals surface area contributed by atoms with Gasteiger partial charge in [0.1, 0.15) is 11.6 Å². The van der Waals surface area contributed by atoms with Crippen molar-refractivity contribution in [1.82, 2.24) is 10.3 Å². The molecule has 10 heteroatoms. The molecule has 2 amide bonds. The normalized spacial score (nSPS) is 18.5. The van der Waals surface area contributed by atoms with Crippen molar-refractivity contribution in [2.75, 3.05) is 29.4 Å². The highest BCUT2D eigenvalue weighted by molar-refractivity contribution is 5.91. The predicted molar refractivity (Wildman–Crippen MR) is 116 cm³/mol. The summed E-state index contributed by atoms with van der Waals surface area (Å²) in [5.74, 6) is 0.0593. The maximum absolute atomic E-state index is 14.9. The molecular formula is C22H24FN5O4. The third-order valence-electron chi connectivity index (χ3n) is 5.58. The molecule has 168 valence electrons. The second kappa shape index (κ2) is 9.21. The van der Waals surface area contributed by atoms with Crippen molar-refractivity contribution in [3.8, 4) is 11.1 Å². The molecular weight excluding hydrogens is 417 g/mol. The Morgan fingerprint density at radius 2 is 2.09 bits per heavy atom. The molecule has 2 aromatic rings. The monoisotopic (exact) mass is 441 g/mol. The molecule has 2 N–H and O–H groups in total. The van der Waals surface area contributed by atoms with Gasteiger partial charge in [0, 0.05) is 49.7 Å². The number of carbonyl (C=O) groups is 2. The second-order valence-corrected chi connectivity index (χ2v) is 7.63. The smallest absolute Gasteiger partial charge is 0.416 e. The summed E-state index contributed by atoms with van der Waals surface area (Å²) < 4.78 is 20.0. The van der Waals surface area contributed by atoms with Gasteiger partial charge >= 0.3 is 6.09 Å². The Morgan fingerprint density at radius 1 is 1.31 bits per heavy atom. The fourth-order valence-corrected chi connectivity index (χ4v) is 3.76. The predicted octanol–water partition coefficient (Wildman–Crippen LogP) is 3.13. The number of amides is 2. The molecule has 2 aliphatic rings. The number of benzene rings is 1. The van der Waals surface area contributed by atoms with Gasteiger partial charge in [-0.2, -0.15) is 0 Å². The molecule has 9 nitrogen and oxygen atoms in total. The average molecular weight is 441 g/mol. The quantitative estimate of drug-likeness (QED) is 0.545. The number of oxime groups is 1. The molecule has 0 radical (unpaired) electrons. The first kappa shape index (κ1) is 21.5. The van der Waals surface area contributed by atoms with Gasteiger partial charge in [0.2, 0.25) is 5.91 Å². The van der Waals surface area contributed by atoms with E-state index in [1.165, 1.54) is 11.0 Å². The Bertz CT molecular complexity index is 1030. The van der Waals surface area contributed by atoms with Crippen LogP contribution < -0.4 is 15.1 Å². The van der Waals surface area contributed by atoms with E-state index in [4.69, 9.17) is 9.94 Å². The maximum atomic E-state index is 14.9. The molecule has 2 aliphatic heterocycles. The zero-order chi connectivity index (χ0) is 22.7. The Hall–Kier alpha value is -3.69. The van der Waals surface area contributed by atoms with Crippen molar-refractivity contribution in [2.45, 2.75) is 32.4 Å². The van der Waals surface area contributed by atoms with Gasteiger partial charge in [-0.1, -0.05) is 12.1 Å². The van der Waals surface area contributed by atoms with E-state index in [-0.39, 0.29) is 18.9 Å². The van der Waals surface area contributed by atoms with Crippen molar-refractivity contribution in [3.05, 3.63) is 42.3 Å². The van der Waals surface area contributed by atoms with Crippen molar-refractivity contribution in [1.29, 1.82) is 0 Å². The van der Waals surface area contributed by atoms with Crippen LogP contribution in [0.1, 0.15) is 26.2 Å². The second-order valence-electron chi connectivity index (χ2n) is 7.63. The third kappa shape index (κ3) is 4.48. The first-order valence-corrected chi connectivity index (χ1v) is 10.5. The summed E-state index contributed by atoms with van der Waals surface area (Å²) in [6.45, 7) is 3.23. The number of nitrogens with one attached hydrogen (secondary N) is 1. The topological polar surface area (TPSA) is 107 Å². The zero-order valence-electron chi connectivity index (χ0n) is 17.6.